The van der Waals surface area contributed by atoms with Gasteiger partial charge < -0.3 is 9.72 Å². The van der Waals surface area contributed by atoms with E-state index >= 15 is 0 Å². The van der Waals surface area contributed by atoms with Gasteiger partial charge in [0.25, 0.3) is 5.91 Å². The molecule has 0 atom stereocenters. The van der Waals surface area contributed by atoms with Crippen LogP contribution in [-0.4, -0.2) is 15.3 Å². The molecule has 1 N–H and O–H groups in total. The first-order valence-corrected chi connectivity index (χ1v) is 5.72. The van der Waals surface area contributed by atoms with Gasteiger partial charge in [-0.15, -0.1) is 0 Å². The number of nitrogens with one attached hydrogen (secondary N) is 1. The molecule has 2 aromatic heterocycles. The molecule has 0 aliphatic rings. The van der Waals surface area contributed by atoms with Crippen LogP contribution < -0.4 is 5.32 Å². The Hall–Kier alpha value is -2.69. The van der Waals surface area contributed by atoms with Gasteiger partial charge in [-0.3, -0.25) is 4.79 Å². The third-order valence-electron chi connectivity index (χ3n) is 2.77. The molecule has 0 aliphatic heterocycles. The Morgan fingerprint density at radius 3 is 2.74 bits per heavy atom. The number of amides is 1. The van der Waals surface area contributed by atoms with Gasteiger partial charge in [0, 0.05) is 24.2 Å². The highest BCUT2D eigenvalue weighted by molar-refractivity contribution is 6.05. The number of benzene rings is 1. The Bertz CT molecular complexity index is 734. The fraction of sp³-hybridized carbons (Fsp3) is 0. The van der Waals surface area contributed by atoms with Gasteiger partial charge >= 0.3 is 0 Å². The van der Waals surface area contributed by atoms with Crippen molar-refractivity contribution in [2.24, 2.45) is 0 Å². The summed E-state index contributed by atoms with van der Waals surface area (Å²) < 4.78 is 14.6. The Kier molecular flexibility index (Phi) is 2.72. The quantitative estimate of drug-likeness (QED) is 0.765. The molecule has 1 amide bonds. The van der Waals surface area contributed by atoms with Crippen molar-refractivity contribution >= 4 is 17.2 Å². The second kappa shape index (κ2) is 4.53. The summed E-state index contributed by atoms with van der Waals surface area (Å²) in [5.74, 6) is -0.664. The number of carbonyl (C=O) groups excluding carboxylic acids is 1. The van der Waals surface area contributed by atoms with Crippen molar-refractivity contribution in [3.05, 3.63) is 66.4 Å². The number of carbonyl (C=O) groups is 1. The summed E-state index contributed by atoms with van der Waals surface area (Å²) in [6, 6.07) is 8.97. The molecule has 2 heterocycles. The summed E-state index contributed by atoms with van der Waals surface area (Å²) in [6.07, 6.45) is 5.29. The summed E-state index contributed by atoms with van der Waals surface area (Å²) in [5.41, 5.74) is 1.68. The standard InChI is InChI=1S/C14H10FN3O/c15-11-5-3-10(4-6-11)14(19)17-12-2-1-8-18-9-7-16-13(12)18/h1-9H,(H,17,19). The molecule has 0 saturated heterocycles. The highest BCUT2D eigenvalue weighted by atomic mass is 19.1. The van der Waals surface area contributed by atoms with Crippen LogP contribution in [0.1, 0.15) is 10.4 Å². The molecule has 3 aromatic rings. The van der Waals surface area contributed by atoms with Crippen LogP contribution >= 0.6 is 0 Å². The maximum atomic E-state index is 12.8. The smallest absolute Gasteiger partial charge is 0.255 e. The van der Waals surface area contributed by atoms with E-state index in [0.29, 0.717) is 16.9 Å². The minimum atomic E-state index is -0.369. The predicted octanol–water partition coefficient (Wildman–Crippen LogP) is 2.73. The van der Waals surface area contributed by atoms with Crippen molar-refractivity contribution in [2.45, 2.75) is 0 Å². The van der Waals surface area contributed by atoms with Crippen LogP contribution in [0, 0.1) is 5.82 Å². The summed E-state index contributed by atoms with van der Waals surface area (Å²) in [5, 5.41) is 2.76. The lowest BCUT2D eigenvalue weighted by molar-refractivity contribution is 0.102. The zero-order valence-electron chi connectivity index (χ0n) is 9.88. The molecular weight excluding hydrogens is 245 g/mol. The fourth-order valence-electron chi connectivity index (χ4n) is 1.84. The van der Waals surface area contributed by atoms with Crippen LogP contribution in [0.5, 0.6) is 0 Å². The average molecular weight is 255 g/mol. The monoisotopic (exact) mass is 255 g/mol. The molecule has 0 saturated carbocycles. The van der Waals surface area contributed by atoms with Gasteiger partial charge in [0.1, 0.15) is 5.82 Å². The van der Waals surface area contributed by atoms with Gasteiger partial charge in [0.05, 0.1) is 5.69 Å². The number of pyridine rings is 1. The van der Waals surface area contributed by atoms with Crippen molar-refractivity contribution in [3.8, 4) is 0 Å². The third kappa shape index (κ3) is 2.18. The maximum Gasteiger partial charge on any atom is 0.255 e. The lowest BCUT2D eigenvalue weighted by atomic mass is 10.2. The number of aromatic nitrogens is 2. The first-order chi connectivity index (χ1) is 9.24. The van der Waals surface area contributed by atoms with Gasteiger partial charge in [-0.1, -0.05) is 0 Å². The molecule has 19 heavy (non-hydrogen) atoms. The molecule has 0 fully saturated rings. The van der Waals surface area contributed by atoms with E-state index in [1.165, 1.54) is 24.3 Å². The molecule has 4 nitrogen and oxygen atoms in total. The average Bonchev–Trinajstić information content (AvgIpc) is 2.89. The number of rotatable bonds is 2. The van der Waals surface area contributed by atoms with Crippen molar-refractivity contribution in [1.29, 1.82) is 0 Å². The van der Waals surface area contributed by atoms with Crippen molar-refractivity contribution < 1.29 is 9.18 Å². The number of hydrogen-bond donors (Lipinski definition) is 1. The van der Waals surface area contributed by atoms with Gasteiger partial charge in [0.2, 0.25) is 0 Å². The van der Waals surface area contributed by atoms with E-state index in [4.69, 9.17) is 0 Å². The molecule has 1 aromatic carbocycles. The largest absolute Gasteiger partial charge is 0.319 e. The SMILES string of the molecule is O=C(Nc1cccn2ccnc12)c1ccc(F)cc1. The predicted molar refractivity (Wildman–Crippen MR) is 69.5 cm³/mol. The molecule has 0 aliphatic carbocycles. The second-order valence-corrected chi connectivity index (χ2v) is 4.04. The van der Waals surface area contributed by atoms with E-state index in [1.807, 2.05) is 12.3 Å². The number of fused-ring (bicyclic) bond motifs is 1. The van der Waals surface area contributed by atoms with Crippen molar-refractivity contribution in [1.82, 2.24) is 9.38 Å². The van der Waals surface area contributed by atoms with E-state index in [9.17, 15) is 9.18 Å². The molecule has 0 unspecified atom stereocenters. The van der Waals surface area contributed by atoms with Gasteiger partial charge in [0.15, 0.2) is 5.65 Å². The summed E-state index contributed by atoms with van der Waals surface area (Å²) >= 11 is 0. The zero-order chi connectivity index (χ0) is 13.2. The third-order valence-corrected chi connectivity index (χ3v) is 2.77. The van der Waals surface area contributed by atoms with Crippen LogP contribution in [0.25, 0.3) is 5.65 Å². The Morgan fingerprint density at radius 1 is 1.16 bits per heavy atom. The van der Waals surface area contributed by atoms with Crippen molar-refractivity contribution in [2.75, 3.05) is 5.32 Å². The second-order valence-electron chi connectivity index (χ2n) is 4.04. The van der Waals surface area contributed by atoms with E-state index in [0.717, 1.165) is 0 Å². The number of anilines is 1. The van der Waals surface area contributed by atoms with E-state index < -0.39 is 0 Å². The van der Waals surface area contributed by atoms with Crippen LogP contribution in [0.3, 0.4) is 0 Å². The first kappa shape index (κ1) is 11.4. The van der Waals surface area contributed by atoms with Crippen molar-refractivity contribution in [3.63, 3.8) is 0 Å². The van der Waals surface area contributed by atoms with Gasteiger partial charge in [-0.2, -0.15) is 0 Å². The minimum Gasteiger partial charge on any atom is -0.319 e. The van der Waals surface area contributed by atoms with Gasteiger partial charge in [-0.05, 0) is 36.4 Å². The molecule has 0 radical (unpaired) electrons. The Labute approximate surface area is 108 Å². The van der Waals surface area contributed by atoms with E-state index in [2.05, 4.69) is 10.3 Å². The Morgan fingerprint density at radius 2 is 1.95 bits per heavy atom. The Balaban J connectivity index is 1.90. The zero-order valence-corrected chi connectivity index (χ0v) is 9.88. The minimum absolute atomic E-state index is 0.295. The van der Waals surface area contributed by atoms with Crippen LogP contribution in [0.4, 0.5) is 10.1 Å². The summed E-state index contributed by atoms with van der Waals surface area (Å²) in [6.45, 7) is 0. The van der Waals surface area contributed by atoms with Crippen LogP contribution in [-0.2, 0) is 0 Å². The normalized spacial score (nSPS) is 10.6. The molecular formula is C14H10FN3O. The van der Waals surface area contributed by atoms with E-state index in [1.54, 1.807) is 22.9 Å². The number of hydrogen-bond acceptors (Lipinski definition) is 2. The highest BCUT2D eigenvalue weighted by Gasteiger charge is 2.09. The maximum absolute atomic E-state index is 12.8. The van der Waals surface area contributed by atoms with Crippen LogP contribution in [0.15, 0.2) is 55.0 Å². The number of nitrogens with zero attached hydrogens (tertiary/aromatic N) is 2. The molecule has 0 spiro atoms. The molecule has 94 valence electrons. The fourth-order valence-corrected chi connectivity index (χ4v) is 1.84. The summed E-state index contributed by atoms with van der Waals surface area (Å²) in [4.78, 5) is 16.2. The van der Waals surface area contributed by atoms with E-state index in [-0.39, 0.29) is 11.7 Å². The first-order valence-electron chi connectivity index (χ1n) is 5.72. The molecule has 5 heteroatoms. The number of halogens is 1. The highest BCUT2D eigenvalue weighted by Crippen LogP contribution is 2.15. The summed E-state index contributed by atoms with van der Waals surface area (Å²) in [7, 11) is 0. The number of imidazole rings is 1. The van der Waals surface area contributed by atoms with Gasteiger partial charge in [-0.25, -0.2) is 9.37 Å². The lowest BCUT2D eigenvalue weighted by Crippen LogP contribution is -2.12. The lowest BCUT2D eigenvalue weighted by Gasteiger charge is -2.06. The molecule has 0 bridgehead atoms. The topological polar surface area (TPSA) is 46.4 Å². The molecule has 3 rings (SSSR count). The van der Waals surface area contributed by atoms with Crippen LogP contribution in [0.2, 0.25) is 0 Å².